The number of aliphatic hydroxyl groups excluding tert-OH is 1. The van der Waals surface area contributed by atoms with Crippen molar-refractivity contribution >= 4 is 23.0 Å². The minimum Gasteiger partial charge on any atom is -0.479 e. The number of carbonyl (C=O) groups excluding carboxylic acids is 1. The molecule has 106 valence electrons. The first-order valence-electron chi connectivity index (χ1n) is 5.90. The van der Waals surface area contributed by atoms with Crippen molar-refractivity contribution in [1.82, 2.24) is 15.5 Å². The SMILES string of the molecule is Cc1noc2ncc(C(=O)NCCC(O)C(=O)O)cc12. The molecule has 2 aromatic heterocycles. The molecule has 0 aliphatic rings. The van der Waals surface area contributed by atoms with Gasteiger partial charge in [-0.2, -0.15) is 0 Å². The number of hydrogen-bond donors (Lipinski definition) is 3. The van der Waals surface area contributed by atoms with Crippen molar-refractivity contribution in [3.63, 3.8) is 0 Å². The number of aryl methyl sites for hydroxylation is 1. The largest absolute Gasteiger partial charge is 0.479 e. The van der Waals surface area contributed by atoms with Crippen molar-refractivity contribution in [3.05, 3.63) is 23.5 Å². The molecule has 2 heterocycles. The van der Waals surface area contributed by atoms with Crippen LogP contribution in [0.1, 0.15) is 22.5 Å². The summed E-state index contributed by atoms with van der Waals surface area (Å²) < 4.78 is 4.93. The van der Waals surface area contributed by atoms with Crippen LogP contribution in [0.25, 0.3) is 11.1 Å². The number of fused-ring (bicyclic) bond motifs is 1. The lowest BCUT2D eigenvalue weighted by molar-refractivity contribution is -0.146. The second-order valence-corrected chi connectivity index (χ2v) is 4.24. The van der Waals surface area contributed by atoms with E-state index in [0.29, 0.717) is 22.4 Å². The maximum Gasteiger partial charge on any atom is 0.332 e. The Balaban J connectivity index is 2.00. The predicted molar refractivity (Wildman–Crippen MR) is 67.1 cm³/mol. The summed E-state index contributed by atoms with van der Waals surface area (Å²) in [4.78, 5) is 26.2. The average molecular weight is 279 g/mol. The second kappa shape index (κ2) is 5.66. The molecule has 3 N–H and O–H groups in total. The Morgan fingerprint density at radius 1 is 1.50 bits per heavy atom. The molecule has 8 heteroatoms. The first-order chi connectivity index (χ1) is 9.49. The van der Waals surface area contributed by atoms with E-state index in [9.17, 15) is 9.59 Å². The molecular weight excluding hydrogens is 266 g/mol. The van der Waals surface area contributed by atoms with Gasteiger partial charge in [0, 0.05) is 19.2 Å². The Hall–Kier alpha value is -2.48. The molecule has 0 fully saturated rings. The maximum atomic E-state index is 11.8. The van der Waals surface area contributed by atoms with E-state index in [4.69, 9.17) is 14.7 Å². The van der Waals surface area contributed by atoms with Gasteiger partial charge in [0.25, 0.3) is 11.6 Å². The molecule has 20 heavy (non-hydrogen) atoms. The molecule has 0 saturated carbocycles. The Labute approximate surface area is 113 Å². The smallest absolute Gasteiger partial charge is 0.332 e. The number of amides is 1. The van der Waals surface area contributed by atoms with Crippen molar-refractivity contribution in [1.29, 1.82) is 0 Å². The number of carbonyl (C=O) groups is 2. The number of carboxylic acid groups (broad SMARTS) is 1. The Morgan fingerprint density at radius 3 is 2.95 bits per heavy atom. The molecule has 0 aliphatic carbocycles. The molecule has 0 radical (unpaired) electrons. The van der Waals surface area contributed by atoms with Gasteiger partial charge in [0.15, 0.2) is 6.10 Å². The molecule has 8 nitrogen and oxygen atoms in total. The van der Waals surface area contributed by atoms with Gasteiger partial charge in [-0.15, -0.1) is 0 Å². The Morgan fingerprint density at radius 2 is 2.25 bits per heavy atom. The van der Waals surface area contributed by atoms with Gasteiger partial charge < -0.3 is 20.1 Å². The topological polar surface area (TPSA) is 126 Å². The van der Waals surface area contributed by atoms with Crippen LogP contribution < -0.4 is 5.32 Å². The quantitative estimate of drug-likeness (QED) is 0.708. The number of carboxylic acids is 1. The van der Waals surface area contributed by atoms with Crippen molar-refractivity contribution < 1.29 is 24.3 Å². The van der Waals surface area contributed by atoms with Crippen molar-refractivity contribution in [2.45, 2.75) is 19.4 Å². The van der Waals surface area contributed by atoms with E-state index < -0.39 is 18.0 Å². The fourth-order valence-corrected chi connectivity index (χ4v) is 1.62. The third kappa shape index (κ3) is 2.91. The third-order valence-electron chi connectivity index (χ3n) is 2.76. The summed E-state index contributed by atoms with van der Waals surface area (Å²) in [6.07, 6.45) is -0.213. The normalized spacial score (nSPS) is 12.3. The van der Waals surface area contributed by atoms with Gasteiger partial charge in [-0.3, -0.25) is 4.79 Å². The van der Waals surface area contributed by atoms with Crippen LogP contribution in [-0.2, 0) is 4.79 Å². The lowest BCUT2D eigenvalue weighted by atomic mass is 10.2. The zero-order chi connectivity index (χ0) is 14.7. The standard InChI is InChI=1S/C12H13N3O5/c1-6-8-4-7(5-14-11(8)20-15-6)10(17)13-3-2-9(16)12(18)19/h4-5,9,16H,2-3H2,1H3,(H,13,17)(H,18,19). The van der Waals surface area contributed by atoms with Crippen LogP contribution in [-0.4, -0.2) is 44.9 Å². The first kappa shape index (κ1) is 13.9. The molecule has 0 aromatic carbocycles. The zero-order valence-corrected chi connectivity index (χ0v) is 10.7. The summed E-state index contributed by atoms with van der Waals surface area (Å²) in [5.74, 6) is -1.72. The van der Waals surface area contributed by atoms with Gasteiger partial charge in [-0.25, -0.2) is 9.78 Å². The van der Waals surface area contributed by atoms with E-state index in [1.807, 2.05) is 0 Å². The van der Waals surface area contributed by atoms with Gasteiger partial charge in [-0.05, 0) is 13.0 Å². The maximum absolute atomic E-state index is 11.8. The van der Waals surface area contributed by atoms with Crippen LogP contribution in [0.3, 0.4) is 0 Å². The first-order valence-corrected chi connectivity index (χ1v) is 5.90. The van der Waals surface area contributed by atoms with Crippen LogP contribution in [0.2, 0.25) is 0 Å². The van der Waals surface area contributed by atoms with Crippen LogP contribution in [0.5, 0.6) is 0 Å². The van der Waals surface area contributed by atoms with Crippen LogP contribution in [0, 0.1) is 6.92 Å². The van der Waals surface area contributed by atoms with E-state index in [1.54, 1.807) is 13.0 Å². The fraction of sp³-hybridized carbons (Fsp3) is 0.333. The summed E-state index contributed by atoms with van der Waals surface area (Å²) >= 11 is 0. The summed E-state index contributed by atoms with van der Waals surface area (Å²) in [6.45, 7) is 1.78. The number of aliphatic hydroxyl groups is 1. The molecule has 1 atom stereocenters. The number of rotatable bonds is 5. The predicted octanol–water partition coefficient (Wildman–Crippen LogP) is 0.0966. The Kier molecular flexibility index (Phi) is 3.94. The van der Waals surface area contributed by atoms with Crippen LogP contribution in [0.4, 0.5) is 0 Å². The highest BCUT2D eigenvalue weighted by Gasteiger charge is 2.14. The lowest BCUT2D eigenvalue weighted by Crippen LogP contribution is -2.30. The van der Waals surface area contributed by atoms with E-state index in [1.165, 1.54) is 6.20 Å². The number of pyridine rings is 1. The molecule has 1 amide bonds. The zero-order valence-electron chi connectivity index (χ0n) is 10.7. The molecule has 1 unspecified atom stereocenters. The fourth-order valence-electron chi connectivity index (χ4n) is 1.62. The van der Waals surface area contributed by atoms with Gasteiger partial charge >= 0.3 is 5.97 Å². The van der Waals surface area contributed by atoms with E-state index in [-0.39, 0.29) is 13.0 Å². The highest BCUT2D eigenvalue weighted by Crippen LogP contribution is 2.16. The third-order valence-corrected chi connectivity index (χ3v) is 2.76. The molecular formula is C12H13N3O5. The molecule has 0 saturated heterocycles. The summed E-state index contributed by atoms with van der Waals surface area (Å²) in [5, 5.41) is 24.5. The van der Waals surface area contributed by atoms with Crippen LogP contribution >= 0.6 is 0 Å². The monoisotopic (exact) mass is 279 g/mol. The molecule has 0 spiro atoms. The molecule has 0 bridgehead atoms. The molecule has 0 aliphatic heterocycles. The average Bonchev–Trinajstić information content (AvgIpc) is 2.79. The van der Waals surface area contributed by atoms with Gasteiger partial charge in [0.1, 0.15) is 0 Å². The van der Waals surface area contributed by atoms with Crippen LogP contribution in [0.15, 0.2) is 16.8 Å². The minimum absolute atomic E-state index is 0.0486. The number of aromatic nitrogens is 2. The Bertz CT molecular complexity index is 652. The minimum atomic E-state index is -1.49. The van der Waals surface area contributed by atoms with Crippen molar-refractivity contribution in [3.8, 4) is 0 Å². The van der Waals surface area contributed by atoms with Crippen molar-refractivity contribution in [2.75, 3.05) is 6.54 Å². The van der Waals surface area contributed by atoms with E-state index >= 15 is 0 Å². The highest BCUT2D eigenvalue weighted by molar-refractivity contribution is 5.96. The van der Waals surface area contributed by atoms with Crippen molar-refractivity contribution in [2.24, 2.45) is 0 Å². The second-order valence-electron chi connectivity index (χ2n) is 4.24. The summed E-state index contributed by atoms with van der Waals surface area (Å²) in [7, 11) is 0. The van der Waals surface area contributed by atoms with Gasteiger partial charge in [-0.1, -0.05) is 5.16 Å². The van der Waals surface area contributed by atoms with Gasteiger partial charge in [0.05, 0.1) is 16.6 Å². The number of hydrogen-bond acceptors (Lipinski definition) is 6. The van der Waals surface area contributed by atoms with E-state index in [0.717, 1.165) is 0 Å². The highest BCUT2D eigenvalue weighted by atomic mass is 16.5. The number of aliphatic carboxylic acids is 1. The molecule has 2 rings (SSSR count). The van der Waals surface area contributed by atoms with E-state index in [2.05, 4.69) is 15.5 Å². The summed E-state index contributed by atoms with van der Waals surface area (Å²) in [5.41, 5.74) is 1.29. The molecule has 2 aromatic rings. The summed E-state index contributed by atoms with van der Waals surface area (Å²) in [6, 6.07) is 1.59. The number of nitrogens with one attached hydrogen (secondary N) is 1. The number of nitrogens with zero attached hydrogens (tertiary/aromatic N) is 2. The lowest BCUT2D eigenvalue weighted by Gasteiger charge is -2.07. The van der Waals surface area contributed by atoms with Gasteiger partial charge in [0.2, 0.25) is 0 Å².